The molecular formula is C22H24N6OS. The molecule has 1 aliphatic rings. The number of anilines is 1. The van der Waals surface area contributed by atoms with Crippen LogP contribution in [0.4, 0.5) is 5.95 Å². The van der Waals surface area contributed by atoms with Crippen LogP contribution >= 0.6 is 11.8 Å². The quantitative estimate of drug-likeness (QED) is 0.459. The Balaban J connectivity index is 1.47. The van der Waals surface area contributed by atoms with E-state index < -0.39 is 0 Å². The molecular weight excluding hydrogens is 396 g/mol. The molecule has 0 saturated carbocycles. The van der Waals surface area contributed by atoms with Gasteiger partial charge in [-0.05, 0) is 37.1 Å². The second-order valence-electron chi connectivity index (χ2n) is 7.50. The number of hydrogen-bond donors (Lipinski definition) is 0. The Labute approximate surface area is 179 Å². The Morgan fingerprint density at radius 1 is 1.00 bits per heavy atom. The van der Waals surface area contributed by atoms with Crippen LogP contribution in [0, 0.1) is 13.8 Å². The van der Waals surface area contributed by atoms with Crippen LogP contribution in [-0.4, -0.2) is 50.5 Å². The van der Waals surface area contributed by atoms with Gasteiger partial charge in [-0.25, -0.2) is 4.98 Å². The average molecular weight is 421 g/mol. The van der Waals surface area contributed by atoms with Crippen molar-refractivity contribution >= 4 is 23.4 Å². The van der Waals surface area contributed by atoms with E-state index in [1.54, 1.807) is 11.8 Å². The van der Waals surface area contributed by atoms with Crippen LogP contribution in [0.2, 0.25) is 0 Å². The molecule has 1 aliphatic heterocycles. The minimum Gasteiger partial charge on any atom is -0.378 e. The van der Waals surface area contributed by atoms with E-state index in [2.05, 4.69) is 86.7 Å². The highest BCUT2D eigenvalue weighted by Crippen LogP contribution is 2.30. The number of pyridine rings is 1. The average Bonchev–Trinajstić information content (AvgIpc) is 3.36. The zero-order chi connectivity index (χ0) is 20.5. The standard InChI is InChI=1S/C22H24N6OS/c1-16-7-8-20-23-18(14-27(20)13-16)15-30-22-25-24-21(26-9-11-29-12-10-26)28(22)19-6-4-3-5-17(19)2/h3-8,13-14H,9-12,15H2,1-2H3. The lowest BCUT2D eigenvalue weighted by Crippen LogP contribution is -2.38. The summed E-state index contributed by atoms with van der Waals surface area (Å²) in [6.45, 7) is 7.28. The van der Waals surface area contributed by atoms with Gasteiger partial charge >= 0.3 is 0 Å². The predicted molar refractivity (Wildman–Crippen MR) is 119 cm³/mol. The zero-order valence-corrected chi connectivity index (χ0v) is 18.0. The molecule has 0 bridgehead atoms. The second kappa shape index (κ2) is 8.12. The van der Waals surface area contributed by atoms with Gasteiger partial charge in [0.1, 0.15) is 5.65 Å². The Bertz CT molecular complexity index is 1180. The monoisotopic (exact) mass is 420 g/mol. The lowest BCUT2D eigenvalue weighted by molar-refractivity contribution is 0.122. The molecule has 1 fully saturated rings. The molecule has 0 atom stereocenters. The number of benzene rings is 1. The van der Waals surface area contributed by atoms with Crippen molar-refractivity contribution in [1.29, 1.82) is 0 Å². The van der Waals surface area contributed by atoms with Crippen molar-refractivity contribution in [2.75, 3.05) is 31.2 Å². The Hall–Kier alpha value is -2.84. The third kappa shape index (κ3) is 3.68. The lowest BCUT2D eigenvalue weighted by atomic mass is 10.2. The highest BCUT2D eigenvalue weighted by Gasteiger charge is 2.22. The molecule has 4 aromatic rings. The van der Waals surface area contributed by atoms with E-state index in [0.717, 1.165) is 47.0 Å². The molecule has 0 radical (unpaired) electrons. The first-order valence-corrected chi connectivity index (χ1v) is 11.1. The molecule has 154 valence electrons. The number of hydrogen-bond acceptors (Lipinski definition) is 6. The summed E-state index contributed by atoms with van der Waals surface area (Å²) in [6.07, 6.45) is 4.19. The fourth-order valence-corrected chi connectivity index (χ4v) is 4.54. The molecule has 0 spiro atoms. The molecule has 0 amide bonds. The van der Waals surface area contributed by atoms with E-state index in [9.17, 15) is 0 Å². The fourth-order valence-electron chi connectivity index (χ4n) is 3.71. The van der Waals surface area contributed by atoms with E-state index in [4.69, 9.17) is 9.72 Å². The number of rotatable bonds is 5. The first-order chi connectivity index (χ1) is 14.7. The van der Waals surface area contributed by atoms with Crippen LogP contribution in [0.5, 0.6) is 0 Å². The van der Waals surface area contributed by atoms with Crippen LogP contribution in [0.1, 0.15) is 16.8 Å². The summed E-state index contributed by atoms with van der Waals surface area (Å²) in [5.74, 6) is 1.61. The van der Waals surface area contributed by atoms with Crippen LogP contribution < -0.4 is 4.90 Å². The van der Waals surface area contributed by atoms with Crippen LogP contribution in [0.3, 0.4) is 0 Å². The van der Waals surface area contributed by atoms with Gasteiger partial charge in [0, 0.05) is 31.2 Å². The molecule has 8 heteroatoms. The van der Waals surface area contributed by atoms with Crippen molar-refractivity contribution in [2.45, 2.75) is 24.8 Å². The highest BCUT2D eigenvalue weighted by molar-refractivity contribution is 7.98. The number of para-hydroxylation sites is 1. The summed E-state index contributed by atoms with van der Waals surface area (Å²) in [7, 11) is 0. The lowest BCUT2D eigenvalue weighted by Gasteiger charge is -2.28. The maximum absolute atomic E-state index is 5.52. The smallest absolute Gasteiger partial charge is 0.232 e. The first-order valence-electron chi connectivity index (χ1n) is 10.1. The summed E-state index contributed by atoms with van der Waals surface area (Å²) >= 11 is 1.66. The highest BCUT2D eigenvalue weighted by atomic mass is 32.2. The van der Waals surface area contributed by atoms with E-state index in [1.807, 2.05) is 0 Å². The number of imidazole rings is 1. The topological polar surface area (TPSA) is 60.5 Å². The van der Waals surface area contributed by atoms with Crippen molar-refractivity contribution in [3.8, 4) is 5.69 Å². The fraction of sp³-hybridized carbons (Fsp3) is 0.318. The van der Waals surface area contributed by atoms with Gasteiger partial charge in [-0.1, -0.05) is 36.0 Å². The van der Waals surface area contributed by atoms with Crippen molar-refractivity contribution < 1.29 is 4.74 Å². The Morgan fingerprint density at radius 3 is 2.67 bits per heavy atom. The molecule has 3 aromatic heterocycles. The van der Waals surface area contributed by atoms with Gasteiger partial charge in [0.15, 0.2) is 5.16 Å². The van der Waals surface area contributed by atoms with E-state index >= 15 is 0 Å². The molecule has 4 heterocycles. The normalized spacial score (nSPS) is 14.5. The second-order valence-corrected chi connectivity index (χ2v) is 8.44. The summed E-state index contributed by atoms with van der Waals surface area (Å²) in [5, 5.41) is 9.99. The number of fused-ring (bicyclic) bond motifs is 1. The number of morpholine rings is 1. The van der Waals surface area contributed by atoms with E-state index in [-0.39, 0.29) is 0 Å². The van der Waals surface area contributed by atoms with Crippen LogP contribution in [0.25, 0.3) is 11.3 Å². The maximum atomic E-state index is 5.52. The van der Waals surface area contributed by atoms with Crippen LogP contribution in [-0.2, 0) is 10.5 Å². The minimum absolute atomic E-state index is 0.712. The maximum Gasteiger partial charge on any atom is 0.232 e. The molecule has 0 N–H and O–H groups in total. The van der Waals surface area contributed by atoms with Gasteiger partial charge < -0.3 is 14.0 Å². The molecule has 7 nitrogen and oxygen atoms in total. The predicted octanol–water partition coefficient (Wildman–Crippen LogP) is 3.66. The van der Waals surface area contributed by atoms with Gasteiger partial charge in [-0.15, -0.1) is 10.2 Å². The Morgan fingerprint density at radius 2 is 1.83 bits per heavy atom. The number of aryl methyl sites for hydroxylation is 2. The van der Waals surface area contributed by atoms with Gasteiger partial charge in [0.2, 0.25) is 5.95 Å². The SMILES string of the molecule is Cc1ccc2nc(CSc3nnc(N4CCOCC4)n3-c3ccccc3C)cn2c1. The largest absolute Gasteiger partial charge is 0.378 e. The van der Waals surface area contributed by atoms with Gasteiger partial charge in [-0.3, -0.25) is 4.57 Å². The number of ether oxygens (including phenoxy) is 1. The Kier molecular flexibility index (Phi) is 5.18. The summed E-state index contributed by atoms with van der Waals surface area (Å²) in [4.78, 5) is 6.99. The van der Waals surface area contributed by atoms with Crippen molar-refractivity contribution in [3.05, 3.63) is 65.6 Å². The van der Waals surface area contributed by atoms with Crippen LogP contribution in [0.15, 0.2) is 53.9 Å². The summed E-state index contributed by atoms with van der Waals surface area (Å²) in [6, 6.07) is 12.5. The molecule has 1 aromatic carbocycles. The van der Waals surface area contributed by atoms with Gasteiger partial charge in [0.05, 0.1) is 24.6 Å². The zero-order valence-electron chi connectivity index (χ0n) is 17.2. The number of nitrogens with zero attached hydrogens (tertiary/aromatic N) is 6. The molecule has 30 heavy (non-hydrogen) atoms. The minimum atomic E-state index is 0.712. The summed E-state index contributed by atoms with van der Waals surface area (Å²) < 4.78 is 9.78. The third-order valence-corrected chi connectivity index (χ3v) is 6.23. The van der Waals surface area contributed by atoms with Crippen molar-refractivity contribution in [3.63, 3.8) is 0 Å². The number of aromatic nitrogens is 5. The van der Waals surface area contributed by atoms with Gasteiger partial charge in [0.25, 0.3) is 0 Å². The molecule has 1 saturated heterocycles. The van der Waals surface area contributed by atoms with Crippen molar-refractivity contribution in [1.82, 2.24) is 24.1 Å². The molecule has 5 rings (SSSR count). The summed E-state index contributed by atoms with van der Waals surface area (Å²) in [5.41, 5.74) is 5.51. The van der Waals surface area contributed by atoms with E-state index in [1.165, 1.54) is 11.1 Å². The molecule has 0 unspecified atom stereocenters. The first kappa shape index (κ1) is 19.1. The number of thioether (sulfide) groups is 1. The third-order valence-electron chi connectivity index (χ3n) is 5.26. The molecule has 0 aliphatic carbocycles. The van der Waals surface area contributed by atoms with Gasteiger partial charge in [-0.2, -0.15) is 0 Å². The van der Waals surface area contributed by atoms with Crippen molar-refractivity contribution in [2.24, 2.45) is 0 Å². The van der Waals surface area contributed by atoms with E-state index in [0.29, 0.717) is 13.2 Å².